The smallest absolute Gasteiger partial charge is 0.305 e. The highest BCUT2D eigenvalue weighted by molar-refractivity contribution is 5.79. The second-order valence-corrected chi connectivity index (χ2v) is 6.81. The maximum Gasteiger partial charge on any atom is 0.305 e. The van der Waals surface area contributed by atoms with Crippen molar-refractivity contribution in [3.05, 3.63) is 24.2 Å². The van der Waals surface area contributed by atoms with Gasteiger partial charge in [0.05, 0.1) is 26.0 Å². The summed E-state index contributed by atoms with van der Waals surface area (Å²) in [7, 11) is 1.43. The van der Waals surface area contributed by atoms with Crippen molar-refractivity contribution in [2.24, 2.45) is 4.99 Å². The van der Waals surface area contributed by atoms with Crippen molar-refractivity contribution in [2.75, 3.05) is 39.8 Å². The highest BCUT2D eigenvalue weighted by Crippen LogP contribution is 2.25. The van der Waals surface area contributed by atoms with E-state index in [1.54, 1.807) is 6.26 Å². The number of esters is 1. The molecule has 1 saturated heterocycles. The van der Waals surface area contributed by atoms with Crippen LogP contribution in [0, 0.1) is 0 Å². The molecule has 0 radical (unpaired) electrons. The third-order valence-corrected chi connectivity index (χ3v) is 4.80. The first-order valence-electron chi connectivity index (χ1n) is 10.1. The summed E-state index contributed by atoms with van der Waals surface area (Å²) >= 11 is 0. The minimum absolute atomic E-state index is 0.135. The monoisotopic (exact) mass is 378 g/mol. The lowest BCUT2D eigenvalue weighted by molar-refractivity contribution is -0.140. The summed E-state index contributed by atoms with van der Waals surface area (Å²) in [4.78, 5) is 18.4. The highest BCUT2D eigenvalue weighted by Gasteiger charge is 2.25. The Morgan fingerprint density at radius 1 is 1.30 bits per heavy atom. The Morgan fingerprint density at radius 2 is 2.11 bits per heavy atom. The van der Waals surface area contributed by atoms with Gasteiger partial charge in [-0.3, -0.25) is 14.7 Å². The van der Waals surface area contributed by atoms with Gasteiger partial charge >= 0.3 is 5.97 Å². The molecule has 0 bridgehead atoms. The fourth-order valence-electron chi connectivity index (χ4n) is 3.32. The number of aliphatic imine (C=N–C) groups is 1. The number of hydrogen-bond donors (Lipinski definition) is 2. The number of likely N-dealkylation sites (tertiary alicyclic amines) is 1. The number of furan rings is 1. The minimum atomic E-state index is -0.135. The van der Waals surface area contributed by atoms with Gasteiger partial charge in [0.2, 0.25) is 0 Å². The topological polar surface area (TPSA) is 79.1 Å². The summed E-state index contributed by atoms with van der Waals surface area (Å²) in [5.74, 6) is 1.68. The minimum Gasteiger partial charge on any atom is -0.469 e. The molecular weight excluding hydrogens is 344 g/mol. The summed E-state index contributed by atoms with van der Waals surface area (Å²) in [5.41, 5.74) is 0. The number of hydrogen-bond acceptors (Lipinski definition) is 5. The Labute approximate surface area is 162 Å². The zero-order chi connectivity index (χ0) is 19.3. The maximum atomic E-state index is 11.1. The molecule has 1 atom stereocenters. The van der Waals surface area contributed by atoms with E-state index in [0.717, 1.165) is 57.2 Å². The van der Waals surface area contributed by atoms with E-state index in [1.165, 1.54) is 20.0 Å². The predicted octanol–water partition coefficient (Wildman–Crippen LogP) is 2.71. The van der Waals surface area contributed by atoms with E-state index in [9.17, 15) is 4.79 Å². The highest BCUT2D eigenvalue weighted by atomic mass is 16.5. The van der Waals surface area contributed by atoms with Crippen LogP contribution in [0.25, 0.3) is 0 Å². The van der Waals surface area contributed by atoms with Gasteiger partial charge in [-0.2, -0.15) is 0 Å². The van der Waals surface area contributed by atoms with Gasteiger partial charge in [-0.25, -0.2) is 0 Å². The van der Waals surface area contributed by atoms with Crippen molar-refractivity contribution in [1.82, 2.24) is 15.5 Å². The molecule has 0 saturated carbocycles. The molecule has 2 rings (SSSR count). The number of methoxy groups -OCH3 is 1. The number of nitrogens with zero attached hydrogens (tertiary/aromatic N) is 2. The second-order valence-electron chi connectivity index (χ2n) is 6.81. The Kier molecular flexibility index (Phi) is 9.76. The molecule has 1 aromatic heterocycles. The van der Waals surface area contributed by atoms with Gasteiger partial charge in [-0.15, -0.1) is 0 Å². The summed E-state index contributed by atoms with van der Waals surface area (Å²) < 4.78 is 10.3. The summed E-state index contributed by atoms with van der Waals surface area (Å²) in [6.07, 6.45) is 7.55. The van der Waals surface area contributed by atoms with E-state index < -0.39 is 0 Å². The van der Waals surface area contributed by atoms with Gasteiger partial charge in [0.15, 0.2) is 5.96 Å². The van der Waals surface area contributed by atoms with E-state index in [4.69, 9.17) is 9.41 Å². The van der Waals surface area contributed by atoms with Crippen LogP contribution < -0.4 is 10.6 Å². The third-order valence-electron chi connectivity index (χ3n) is 4.80. The van der Waals surface area contributed by atoms with Crippen LogP contribution >= 0.6 is 0 Å². The number of rotatable bonds is 11. The van der Waals surface area contributed by atoms with Crippen molar-refractivity contribution >= 4 is 11.9 Å². The predicted molar refractivity (Wildman–Crippen MR) is 107 cm³/mol. The van der Waals surface area contributed by atoms with Gasteiger partial charge in [0.25, 0.3) is 0 Å². The SMILES string of the molecule is CCNC(=NCC(c1ccco1)N1CCCC1)NCCCCCC(=O)OC. The number of nitrogens with one attached hydrogen (secondary N) is 2. The molecule has 2 heterocycles. The molecule has 1 unspecified atom stereocenters. The van der Waals surface area contributed by atoms with Gasteiger partial charge in [-0.1, -0.05) is 6.42 Å². The molecule has 0 aromatic carbocycles. The van der Waals surface area contributed by atoms with Crippen LogP contribution in [0.4, 0.5) is 0 Å². The van der Waals surface area contributed by atoms with Crippen molar-refractivity contribution in [2.45, 2.75) is 51.5 Å². The molecule has 0 amide bonds. The quantitative estimate of drug-likeness (QED) is 0.267. The first-order chi connectivity index (χ1) is 13.2. The molecule has 0 aliphatic carbocycles. The Hall–Kier alpha value is -2.02. The van der Waals surface area contributed by atoms with Crippen molar-refractivity contribution in [1.29, 1.82) is 0 Å². The van der Waals surface area contributed by atoms with Crippen LogP contribution in [-0.4, -0.2) is 56.7 Å². The average Bonchev–Trinajstić information content (AvgIpc) is 3.38. The lowest BCUT2D eigenvalue weighted by atomic mass is 10.2. The number of carbonyl (C=O) groups is 1. The molecule has 152 valence electrons. The van der Waals surface area contributed by atoms with E-state index in [2.05, 4.69) is 27.2 Å². The lowest BCUT2D eigenvalue weighted by Gasteiger charge is -2.24. The van der Waals surface area contributed by atoms with Crippen molar-refractivity contribution in [3.63, 3.8) is 0 Å². The maximum absolute atomic E-state index is 11.1. The molecule has 7 nitrogen and oxygen atoms in total. The number of guanidine groups is 1. The van der Waals surface area contributed by atoms with Gasteiger partial charge in [-0.05, 0) is 57.8 Å². The average molecular weight is 379 g/mol. The van der Waals surface area contributed by atoms with Crippen LogP contribution in [0.15, 0.2) is 27.8 Å². The first kappa shape index (κ1) is 21.3. The standard InChI is InChI=1S/C20H34N4O3/c1-3-21-20(22-12-6-4-5-11-19(25)26-2)23-16-17(18-10-9-15-27-18)24-13-7-8-14-24/h9-10,15,17H,3-8,11-14,16H2,1-2H3,(H2,21,22,23). The zero-order valence-electron chi connectivity index (χ0n) is 16.7. The Bertz CT molecular complexity index is 554. The molecule has 1 aliphatic rings. The molecule has 0 spiro atoms. The normalized spacial score (nSPS) is 16.3. The Morgan fingerprint density at radius 3 is 2.78 bits per heavy atom. The summed E-state index contributed by atoms with van der Waals surface area (Å²) in [6, 6.07) is 4.18. The second kappa shape index (κ2) is 12.4. The molecule has 1 aliphatic heterocycles. The van der Waals surface area contributed by atoms with Crippen LogP contribution in [0.2, 0.25) is 0 Å². The Balaban J connectivity index is 1.80. The van der Waals surface area contributed by atoms with Gasteiger partial charge in [0.1, 0.15) is 5.76 Å². The van der Waals surface area contributed by atoms with Crippen molar-refractivity contribution in [3.8, 4) is 0 Å². The molecule has 27 heavy (non-hydrogen) atoms. The van der Waals surface area contributed by atoms with Crippen LogP contribution in [-0.2, 0) is 9.53 Å². The number of unbranched alkanes of at least 4 members (excludes halogenated alkanes) is 2. The van der Waals surface area contributed by atoms with Gasteiger partial charge < -0.3 is 19.8 Å². The van der Waals surface area contributed by atoms with Crippen LogP contribution in [0.5, 0.6) is 0 Å². The largest absolute Gasteiger partial charge is 0.469 e. The van der Waals surface area contributed by atoms with E-state index in [-0.39, 0.29) is 12.0 Å². The van der Waals surface area contributed by atoms with E-state index in [0.29, 0.717) is 13.0 Å². The van der Waals surface area contributed by atoms with Crippen LogP contribution in [0.1, 0.15) is 57.3 Å². The molecule has 7 heteroatoms. The molecule has 1 fully saturated rings. The summed E-state index contributed by atoms with van der Waals surface area (Å²) in [5, 5.41) is 6.70. The number of ether oxygens (including phenoxy) is 1. The van der Waals surface area contributed by atoms with Crippen LogP contribution in [0.3, 0.4) is 0 Å². The summed E-state index contributed by atoms with van der Waals surface area (Å²) in [6.45, 7) is 6.60. The molecule has 1 aromatic rings. The third kappa shape index (κ3) is 7.62. The lowest BCUT2D eigenvalue weighted by Crippen LogP contribution is -2.38. The first-order valence-corrected chi connectivity index (χ1v) is 10.1. The fourth-order valence-corrected chi connectivity index (χ4v) is 3.32. The molecule has 2 N–H and O–H groups in total. The van der Waals surface area contributed by atoms with Gasteiger partial charge in [0, 0.05) is 19.5 Å². The fraction of sp³-hybridized carbons (Fsp3) is 0.700. The van der Waals surface area contributed by atoms with E-state index in [1.807, 2.05) is 12.1 Å². The van der Waals surface area contributed by atoms with E-state index >= 15 is 0 Å². The zero-order valence-corrected chi connectivity index (χ0v) is 16.7. The molecular formula is C20H34N4O3. The number of carbonyl (C=O) groups excluding carboxylic acids is 1. The van der Waals surface area contributed by atoms with Crippen molar-refractivity contribution < 1.29 is 13.9 Å².